The Morgan fingerprint density at radius 2 is 1.46 bits per heavy atom. The molecule has 14 heteroatoms. The van der Waals surface area contributed by atoms with Crippen LogP contribution in [-0.4, -0.2) is 71.6 Å². The van der Waals surface area contributed by atoms with Crippen LogP contribution in [0.25, 0.3) is 4.85 Å². The monoisotopic (exact) mass is 392 g/mol. The average molecular weight is 392 g/mol. The minimum absolute atomic E-state index is 0.140. The number of carbonyl (C=O) groups is 2. The molecule has 0 aliphatic heterocycles. The zero-order chi connectivity index (χ0) is 22.3. The Morgan fingerprint density at radius 3 is 1.75 bits per heavy atom. The third kappa shape index (κ3) is 9.00. The maximum absolute atomic E-state index is 10.9. The van der Waals surface area contributed by atoms with Crippen LogP contribution in [-0.2, 0) is 28.8 Å². The SMILES string of the molecule is O=C=O.O=C=O.[C-]#[N+]c1nc(N(CC(=O)O)CC(=O)O)c(C#N)nc1N(C)C. The highest BCUT2D eigenvalue weighted by Crippen LogP contribution is 2.28. The number of aliphatic carboxylic acids is 2. The Morgan fingerprint density at radius 1 is 1.04 bits per heavy atom. The standard InChI is InChI=1S/C12H12N6O4.2CO2/c1-14-10-12(17(2)3)15-7(4-13)11(16-10)18(5-8(19)20)6-9(21)22;2*2-1-3/h5-6H2,2-3H3,(H,19,20)(H,21,22);;. The summed E-state index contributed by atoms with van der Waals surface area (Å²) in [5, 5.41) is 26.8. The lowest BCUT2D eigenvalue weighted by molar-refractivity contribution is -0.193. The Balaban J connectivity index is 0. The quantitative estimate of drug-likeness (QED) is 0.545. The van der Waals surface area contributed by atoms with Crippen LogP contribution >= 0.6 is 0 Å². The van der Waals surface area contributed by atoms with Gasteiger partial charge in [0.15, 0.2) is 5.82 Å². The van der Waals surface area contributed by atoms with Crippen LogP contribution in [0.2, 0.25) is 0 Å². The molecule has 0 fully saturated rings. The van der Waals surface area contributed by atoms with Crippen molar-refractivity contribution in [2.24, 2.45) is 0 Å². The largest absolute Gasteiger partial charge is 0.480 e. The first-order valence-corrected chi connectivity index (χ1v) is 6.67. The Kier molecular flexibility index (Phi) is 12.5. The minimum atomic E-state index is -1.30. The minimum Gasteiger partial charge on any atom is -0.480 e. The van der Waals surface area contributed by atoms with Crippen molar-refractivity contribution >= 4 is 41.7 Å². The molecule has 0 saturated carbocycles. The van der Waals surface area contributed by atoms with E-state index in [4.69, 9.17) is 41.2 Å². The summed E-state index contributed by atoms with van der Waals surface area (Å²) in [5.41, 5.74) is -0.251. The molecule has 0 amide bonds. The van der Waals surface area contributed by atoms with Gasteiger partial charge in [0, 0.05) is 14.1 Å². The van der Waals surface area contributed by atoms with E-state index < -0.39 is 25.0 Å². The molecule has 0 bridgehead atoms. The van der Waals surface area contributed by atoms with E-state index in [0.717, 1.165) is 4.90 Å². The first-order chi connectivity index (χ1) is 13.1. The molecule has 0 aromatic carbocycles. The molecule has 0 aliphatic rings. The molecule has 0 atom stereocenters. The van der Waals surface area contributed by atoms with E-state index >= 15 is 0 Å². The van der Waals surface area contributed by atoms with Crippen LogP contribution < -0.4 is 9.80 Å². The van der Waals surface area contributed by atoms with E-state index in [2.05, 4.69) is 14.8 Å². The summed E-state index contributed by atoms with van der Waals surface area (Å²) in [6, 6.07) is 1.74. The molecule has 0 spiro atoms. The number of nitriles is 1. The van der Waals surface area contributed by atoms with Crippen LogP contribution in [0.15, 0.2) is 0 Å². The molecule has 1 aromatic rings. The fraction of sp³-hybridized carbons (Fsp3) is 0.286. The summed E-state index contributed by atoms with van der Waals surface area (Å²) >= 11 is 0. The number of aromatic nitrogens is 2. The second-order valence-electron chi connectivity index (χ2n) is 4.47. The van der Waals surface area contributed by atoms with Gasteiger partial charge in [0.2, 0.25) is 5.69 Å². The smallest absolute Gasteiger partial charge is 0.373 e. The molecular weight excluding hydrogens is 380 g/mol. The lowest BCUT2D eigenvalue weighted by atomic mass is 10.3. The van der Waals surface area contributed by atoms with Crippen molar-refractivity contribution in [3.8, 4) is 6.07 Å². The van der Waals surface area contributed by atoms with Crippen LogP contribution in [0.4, 0.5) is 17.5 Å². The number of carboxylic acids is 2. The predicted octanol–water partition coefficient (Wildman–Crippen LogP) is -1.23. The van der Waals surface area contributed by atoms with E-state index in [9.17, 15) is 9.59 Å². The Labute approximate surface area is 157 Å². The summed E-state index contributed by atoms with van der Waals surface area (Å²) in [6.07, 6.45) is 0.500. The first kappa shape index (κ1) is 25.6. The molecule has 0 radical (unpaired) electrons. The fourth-order valence-electron chi connectivity index (χ4n) is 1.61. The summed E-state index contributed by atoms with van der Waals surface area (Å²) in [7, 11) is 3.21. The predicted molar refractivity (Wildman–Crippen MR) is 84.8 cm³/mol. The summed E-state index contributed by atoms with van der Waals surface area (Å²) < 4.78 is 0. The second kappa shape index (κ2) is 13.6. The van der Waals surface area contributed by atoms with Crippen molar-refractivity contribution in [3.05, 3.63) is 17.1 Å². The normalized spacial score (nSPS) is 8.00. The summed E-state index contributed by atoms with van der Waals surface area (Å²) in [5.74, 6) is -2.86. The van der Waals surface area contributed by atoms with Gasteiger partial charge in [-0.25, -0.2) is 4.98 Å². The first-order valence-electron chi connectivity index (χ1n) is 6.67. The lowest BCUT2D eigenvalue weighted by Gasteiger charge is -2.19. The molecule has 28 heavy (non-hydrogen) atoms. The number of hydrogen-bond acceptors (Lipinski definition) is 11. The van der Waals surface area contributed by atoms with Gasteiger partial charge in [-0.05, 0) is 0 Å². The van der Waals surface area contributed by atoms with Crippen LogP contribution in [0.1, 0.15) is 5.69 Å². The lowest BCUT2D eigenvalue weighted by Crippen LogP contribution is -2.36. The van der Waals surface area contributed by atoms with Gasteiger partial charge < -0.3 is 24.9 Å². The van der Waals surface area contributed by atoms with Gasteiger partial charge in [-0.1, -0.05) is 11.6 Å². The summed E-state index contributed by atoms with van der Waals surface area (Å²) in [6.45, 7) is 5.72. The van der Waals surface area contributed by atoms with Crippen LogP contribution in [0, 0.1) is 17.9 Å². The van der Waals surface area contributed by atoms with Crippen LogP contribution in [0.5, 0.6) is 0 Å². The van der Waals surface area contributed by atoms with Crippen molar-refractivity contribution < 1.29 is 39.0 Å². The highest BCUT2D eigenvalue weighted by Gasteiger charge is 2.26. The fourth-order valence-corrected chi connectivity index (χ4v) is 1.61. The number of hydrogen-bond donors (Lipinski definition) is 2. The molecule has 14 nitrogen and oxygen atoms in total. The van der Waals surface area contributed by atoms with Gasteiger partial charge in [-0.15, -0.1) is 0 Å². The van der Waals surface area contributed by atoms with E-state index in [0.29, 0.717) is 0 Å². The maximum atomic E-state index is 10.9. The molecule has 1 heterocycles. The van der Waals surface area contributed by atoms with E-state index in [1.54, 1.807) is 20.2 Å². The van der Waals surface area contributed by atoms with Gasteiger partial charge in [-0.3, -0.25) is 9.59 Å². The zero-order valence-corrected chi connectivity index (χ0v) is 14.4. The van der Waals surface area contributed by atoms with Crippen LogP contribution in [0.3, 0.4) is 0 Å². The van der Waals surface area contributed by atoms with Gasteiger partial charge >= 0.3 is 30.1 Å². The number of anilines is 2. The molecule has 0 unspecified atom stereocenters. The summed E-state index contributed by atoms with van der Waals surface area (Å²) in [4.78, 5) is 67.6. The number of carboxylic acid groups (broad SMARTS) is 2. The Hall–Kier alpha value is -4.64. The third-order valence-electron chi connectivity index (χ3n) is 2.43. The van der Waals surface area contributed by atoms with Crippen molar-refractivity contribution in [3.63, 3.8) is 0 Å². The van der Waals surface area contributed by atoms with Gasteiger partial charge in [0.25, 0.3) is 5.82 Å². The average Bonchev–Trinajstić information content (AvgIpc) is 2.60. The maximum Gasteiger partial charge on any atom is 0.373 e. The molecule has 0 saturated heterocycles. The zero-order valence-electron chi connectivity index (χ0n) is 14.4. The molecule has 0 aliphatic carbocycles. The van der Waals surface area contributed by atoms with Crippen molar-refractivity contribution in [1.29, 1.82) is 5.26 Å². The molecule has 2 N–H and O–H groups in total. The van der Waals surface area contributed by atoms with Crippen molar-refractivity contribution in [2.75, 3.05) is 37.0 Å². The van der Waals surface area contributed by atoms with Crippen molar-refractivity contribution in [2.45, 2.75) is 0 Å². The van der Waals surface area contributed by atoms with E-state index in [-0.39, 0.29) is 35.5 Å². The van der Waals surface area contributed by atoms with E-state index in [1.807, 2.05) is 0 Å². The number of carbonyl (C=O) groups excluding carboxylic acids is 4. The molecular formula is C14H12N6O8. The van der Waals surface area contributed by atoms with Crippen molar-refractivity contribution in [1.82, 2.24) is 9.97 Å². The number of rotatable bonds is 6. The van der Waals surface area contributed by atoms with E-state index in [1.165, 1.54) is 4.90 Å². The van der Waals surface area contributed by atoms with Gasteiger partial charge in [0.05, 0.1) is 0 Å². The van der Waals surface area contributed by atoms with Gasteiger partial charge in [-0.2, -0.15) is 24.4 Å². The Bertz CT molecular complexity index is 830. The number of nitrogens with zero attached hydrogens (tertiary/aromatic N) is 6. The highest BCUT2D eigenvalue weighted by molar-refractivity contribution is 5.80. The second-order valence-corrected chi connectivity index (χ2v) is 4.47. The molecule has 146 valence electrons. The molecule has 1 aromatic heterocycles. The van der Waals surface area contributed by atoms with Gasteiger partial charge in [0.1, 0.15) is 19.2 Å². The topological polar surface area (TPSA) is 203 Å². The highest BCUT2D eigenvalue weighted by atomic mass is 16.4. The third-order valence-corrected chi connectivity index (χ3v) is 2.43. The molecule has 1 rings (SSSR count).